The fourth-order valence-corrected chi connectivity index (χ4v) is 3.00. The number of aromatic nitrogens is 2. The number of amides is 1. The molecule has 0 aliphatic carbocycles. The molecule has 0 bridgehead atoms. The Morgan fingerprint density at radius 1 is 1.20 bits per heavy atom. The largest absolute Gasteiger partial charge is 0.385 e. The standard InChI is InChI=1S/C20H22N4O/c1-5-6-7-18(21)24-17-10-14(15-11-22-13(2)23-12-15)8-9-16(17)20(3,4)19(24)25/h5-12H,21H2,1-4H3/b6-5+,18-7+. The molecular weight excluding hydrogens is 312 g/mol. The molecule has 0 spiro atoms. The molecule has 0 unspecified atom stereocenters. The van der Waals surface area contributed by atoms with Crippen LogP contribution in [0.3, 0.4) is 0 Å². The van der Waals surface area contributed by atoms with Crippen LogP contribution in [-0.4, -0.2) is 15.9 Å². The first-order valence-electron chi connectivity index (χ1n) is 8.23. The van der Waals surface area contributed by atoms with E-state index in [0.29, 0.717) is 5.82 Å². The van der Waals surface area contributed by atoms with Crippen LogP contribution in [0.25, 0.3) is 11.1 Å². The third kappa shape index (κ3) is 2.82. The number of nitrogens with zero attached hydrogens (tertiary/aromatic N) is 3. The lowest BCUT2D eigenvalue weighted by molar-refractivity contribution is -0.121. The Balaban J connectivity index is 2.14. The number of allylic oxidation sites excluding steroid dienone is 3. The monoisotopic (exact) mass is 334 g/mol. The van der Waals surface area contributed by atoms with E-state index in [1.165, 1.54) is 0 Å². The highest BCUT2D eigenvalue weighted by atomic mass is 16.2. The molecule has 5 nitrogen and oxygen atoms in total. The minimum absolute atomic E-state index is 0.0296. The molecule has 1 aromatic carbocycles. The third-order valence-electron chi connectivity index (χ3n) is 4.48. The van der Waals surface area contributed by atoms with Gasteiger partial charge in [0.05, 0.1) is 11.1 Å². The van der Waals surface area contributed by atoms with Crippen LogP contribution in [0.15, 0.2) is 54.6 Å². The lowest BCUT2D eigenvalue weighted by Gasteiger charge is -2.20. The molecule has 0 saturated heterocycles. The van der Waals surface area contributed by atoms with Crippen LogP contribution in [0.2, 0.25) is 0 Å². The first-order chi connectivity index (χ1) is 11.9. The second-order valence-electron chi connectivity index (χ2n) is 6.63. The number of anilines is 1. The van der Waals surface area contributed by atoms with E-state index >= 15 is 0 Å². The van der Waals surface area contributed by atoms with E-state index in [1.807, 2.05) is 58.0 Å². The molecule has 1 aliphatic rings. The maximum atomic E-state index is 12.9. The number of carbonyl (C=O) groups is 1. The molecule has 2 N–H and O–H groups in total. The van der Waals surface area contributed by atoms with Crippen LogP contribution < -0.4 is 10.6 Å². The van der Waals surface area contributed by atoms with Crippen molar-refractivity contribution in [2.24, 2.45) is 5.73 Å². The molecule has 2 aromatic rings. The van der Waals surface area contributed by atoms with Gasteiger partial charge in [-0.3, -0.25) is 9.69 Å². The summed E-state index contributed by atoms with van der Waals surface area (Å²) in [6.07, 6.45) is 9.01. The number of benzene rings is 1. The lowest BCUT2D eigenvalue weighted by Crippen LogP contribution is -2.38. The molecule has 128 valence electrons. The molecule has 1 aliphatic heterocycles. The summed E-state index contributed by atoms with van der Waals surface area (Å²) in [6.45, 7) is 7.60. The molecule has 1 aromatic heterocycles. The molecule has 25 heavy (non-hydrogen) atoms. The quantitative estimate of drug-likeness (QED) is 0.873. The van der Waals surface area contributed by atoms with Crippen LogP contribution in [0.1, 0.15) is 32.2 Å². The van der Waals surface area contributed by atoms with E-state index in [2.05, 4.69) is 9.97 Å². The van der Waals surface area contributed by atoms with Gasteiger partial charge in [-0.05, 0) is 51.0 Å². The summed E-state index contributed by atoms with van der Waals surface area (Å²) in [5.41, 5.74) is 9.20. The Kier molecular flexibility index (Phi) is 4.17. The van der Waals surface area contributed by atoms with Gasteiger partial charge in [-0.25, -0.2) is 9.97 Å². The first kappa shape index (κ1) is 16.9. The maximum Gasteiger partial charge on any atom is 0.242 e. The smallest absolute Gasteiger partial charge is 0.242 e. The number of aryl methyl sites for hydroxylation is 1. The fraction of sp³-hybridized carbons (Fsp3) is 0.250. The molecular formula is C20H22N4O. The Bertz CT molecular complexity index is 879. The van der Waals surface area contributed by atoms with Crippen molar-refractivity contribution >= 4 is 11.6 Å². The normalized spacial score (nSPS) is 16.6. The number of fused-ring (bicyclic) bond motifs is 1. The fourth-order valence-electron chi connectivity index (χ4n) is 3.00. The predicted octanol–water partition coefficient (Wildman–Crippen LogP) is 3.45. The van der Waals surface area contributed by atoms with E-state index in [-0.39, 0.29) is 5.91 Å². The van der Waals surface area contributed by atoms with Gasteiger partial charge < -0.3 is 5.73 Å². The Morgan fingerprint density at radius 2 is 1.88 bits per heavy atom. The summed E-state index contributed by atoms with van der Waals surface area (Å²) in [5.74, 6) is 1.10. The van der Waals surface area contributed by atoms with Gasteiger partial charge in [0.15, 0.2) is 0 Å². The average molecular weight is 334 g/mol. The van der Waals surface area contributed by atoms with Gasteiger partial charge in [-0.2, -0.15) is 0 Å². The van der Waals surface area contributed by atoms with Crippen LogP contribution in [0.5, 0.6) is 0 Å². The molecule has 1 amide bonds. The molecule has 5 heteroatoms. The van der Waals surface area contributed by atoms with Gasteiger partial charge >= 0.3 is 0 Å². The van der Waals surface area contributed by atoms with Gasteiger partial charge in [-0.1, -0.05) is 24.3 Å². The number of carbonyl (C=O) groups excluding carboxylic acids is 1. The highest BCUT2D eigenvalue weighted by molar-refractivity contribution is 6.10. The molecule has 0 atom stereocenters. The number of hydrogen-bond donors (Lipinski definition) is 1. The molecule has 0 radical (unpaired) electrons. The number of rotatable bonds is 3. The summed E-state index contributed by atoms with van der Waals surface area (Å²) in [7, 11) is 0. The summed E-state index contributed by atoms with van der Waals surface area (Å²) in [6, 6.07) is 5.97. The van der Waals surface area contributed by atoms with Crippen molar-refractivity contribution in [3.05, 3.63) is 66.0 Å². The van der Waals surface area contributed by atoms with Gasteiger partial charge in [0.1, 0.15) is 11.6 Å². The van der Waals surface area contributed by atoms with Gasteiger partial charge in [0, 0.05) is 18.0 Å². The number of nitrogens with two attached hydrogens (primary N) is 1. The van der Waals surface area contributed by atoms with Crippen LogP contribution in [0.4, 0.5) is 5.69 Å². The Morgan fingerprint density at radius 3 is 2.52 bits per heavy atom. The summed E-state index contributed by atoms with van der Waals surface area (Å²) in [5, 5.41) is 0. The van der Waals surface area contributed by atoms with E-state index in [4.69, 9.17) is 5.73 Å². The van der Waals surface area contributed by atoms with Gasteiger partial charge in [-0.15, -0.1) is 0 Å². The van der Waals surface area contributed by atoms with E-state index < -0.39 is 5.41 Å². The highest BCUT2D eigenvalue weighted by Gasteiger charge is 2.44. The molecule has 0 saturated carbocycles. The zero-order chi connectivity index (χ0) is 18.2. The van der Waals surface area contributed by atoms with E-state index in [9.17, 15) is 4.79 Å². The molecule has 3 rings (SSSR count). The highest BCUT2D eigenvalue weighted by Crippen LogP contribution is 2.44. The lowest BCUT2D eigenvalue weighted by atomic mass is 9.85. The minimum Gasteiger partial charge on any atom is -0.385 e. The van der Waals surface area contributed by atoms with Gasteiger partial charge in [0.2, 0.25) is 5.91 Å². The third-order valence-corrected chi connectivity index (χ3v) is 4.48. The zero-order valence-corrected chi connectivity index (χ0v) is 14.9. The van der Waals surface area contributed by atoms with Gasteiger partial charge in [0.25, 0.3) is 0 Å². The second-order valence-corrected chi connectivity index (χ2v) is 6.63. The predicted molar refractivity (Wildman–Crippen MR) is 99.8 cm³/mol. The SMILES string of the molecule is C/C=C/C=C(\N)N1C(=O)C(C)(C)c2ccc(-c3cnc(C)nc3)cc21. The van der Waals surface area contributed by atoms with Crippen molar-refractivity contribution in [1.29, 1.82) is 0 Å². The van der Waals surface area contributed by atoms with Crippen LogP contribution in [0, 0.1) is 6.92 Å². The molecule has 2 heterocycles. The zero-order valence-electron chi connectivity index (χ0n) is 14.9. The van der Waals surface area contributed by atoms with Crippen LogP contribution in [-0.2, 0) is 10.2 Å². The number of hydrogen-bond acceptors (Lipinski definition) is 4. The topological polar surface area (TPSA) is 72.1 Å². The van der Waals surface area contributed by atoms with Crippen molar-refractivity contribution in [1.82, 2.24) is 9.97 Å². The van der Waals surface area contributed by atoms with Crippen molar-refractivity contribution in [3.8, 4) is 11.1 Å². The molecule has 0 fully saturated rings. The van der Waals surface area contributed by atoms with Crippen molar-refractivity contribution in [2.45, 2.75) is 33.1 Å². The van der Waals surface area contributed by atoms with E-state index in [0.717, 1.165) is 28.2 Å². The second kappa shape index (κ2) is 6.16. The average Bonchev–Trinajstić information content (AvgIpc) is 2.79. The van der Waals surface area contributed by atoms with Crippen molar-refractivity contribution in [3.63, 3.8) is 0 Å². The Labute approximate surface area is 147 Å². The first-order valence-corrected chi connectivity index (χ1v) is 8.23. The van der Waals surface area contributed by atoms with Crippen LogP contribution >= 0.6 is 0 Å². The summed E-state index contributed by atoms with van der Waals surface area (Å²) in [4.78, 5) is 23.0. The van der Waals surface area contributed by atoms with Crippen molar-refractivity contribution < 1.29 is 4.79 Å². The minimum atomic E-state index is -0.619. The maximum absolute atomic E-state index is 12.9. The summed E-state index contributed by atoms with van der Waals surface area (Å²) < 4.78 is 0. The van der Waals surface area contributed by atoms with Crippen molar-refractivity contribution in [2.75, 3.05) is 4.90 Å². The summed E-state index contributed by atoms with van der Waals surface area (Å²) >= 11 is 0. The Hall–Kier alpha value is -2.95. The van der Waals surface area contributed by atoms with E-state index in [1.54, 1.807) is 23.4 Å².